The first-order chi connectivity index (χ1) is 8.27. The molecule has 1 aliphatic carbocycles. The van der Waals surface area contributed by atoms with Gasteiger partial charge >= 0.3 is 0 Å². The quantitative estimate of drug-likeness (QED) is 0.584. The van der Waals surface area contributed by atoms with E-state index in [2.05, 4.69) is 16.6 Å². The van der Waals surface area contributed by atoms with Gasteiger partial charge in [0.1, 0.15) is 0 Å². The predicted octanol–water partition coefficient (Wildman–Crippen LogP) is 2.57. The zero-order chi connectivity index (χ0) is 12.1. The predicted molar refractivity (Wildman–Crippen MR) is 71.6 cm³/mol. The van der Waals surface area contributed by atoms with Gasteiger partial charge in [0.25, 0.3) is 0 Å². The summed E-state index contributed by atoms with van der Waals surface area (Å²) in [6.45, 7) is 3.50. The van der Waals surface area contributed by atoms with Gasteiger partial charge in [-0.2, -0.15) is 4.72 Å². The topological polar surface area (TPSA) is 57.2 Å². The Labute approximate surface area is 109 Å². The Balaban J connectivity index is 1.75. The fourth-order valence-electron chi connectivity index (χ4n) is 1.49. The molecule has 0 amide bonds. The van der Waals surface area contributed by atoms with Crippen molar-refractivity contribution in [3.05, 3.63) is 11.6 Å². The van der Waals surface area contributed by atoms with Crippen molar-refractivity contribution < 1.29 is 9.29 Å². The van der Waals surface area contributed by atoms with Crippen LogP contribution < -0.4 is 4.72 Å². The number of hydrogen-bond acceptors (Lipinski definition) is 5. The highest BCUT2D eigenvalue weighted by Gasteiger charge is 2.56. The Morgan fingerprint density at radius 2 is 2.47 bits per heavy atom. The van der Waals surface area contributed by atoms with Crippen LogP contribution in [-0.2, 0) is 16.1 Å². The summed E-state index contributed by atoms with van der Waals surface area (Å²) < 4.78 is 20.5. The standard InChI is InChI=1S/C11H18N2O2S2/c1-2-3-7-15-9-11(4-5-11)17(14)13-10-12-6-8-16-10/h6,8H,2-5,7,9H2,1H3,(H,12,13). The van der Waals surface area contributed by atoms with Crippen molar-refractivity contribution in [1.82, 2.24) is 4.98 Å². The second-order valence-electron chi connectivity index (χ2n) is 4.30. The summed E-state index contributed by atoms with van der Waals surface area (Å²) in [4.78, 5) is 4.08. The zero-order valence-electron chi connectivity index (χ0n) is 9.98. The molecule has 1 aromatic heterocycles. The van der Waals surface area contributed by atoms with E-state index < -0.39 is 11.4 Å². The average molecular weight is 274 g/mol. The number of anilines is 1. The normalized spacial score (nSPS) is 18.9. The van der Waals surface area contributed by atoms with Crippen LogP contribution in [0, 0.1) is 0 Å². The van der Waals surface area contributed by atoms with Crippen LogP contribution in [0.2, 0.25) is 0 Å². The summed E-state index contributed by atoms with van der Waals surface area (Å²) in [5.41, 5.74) is 0. The summed E-state index contributed by atoms with van der Waals surface area (Å²) in [7, 11) is 0. The Bertz CT molecular complexity index is 328. The first kappa shape index (κ1) is 13.1. The largest absolute Gasteiger partial charge is 0.593 e. The second-order valence-corrected chi connectivity index (χ2v) is 6.80. The molecule has 2 rings (SSSR count). The van der Waals surface area contributed by atoms with E-state index in [1.807, 2.05) is 5.38 Å². The lowest BCUT2D eigenvalue weighted by atomic mass is 10.3. The lowest BCUT2D eigenvalue weighted by molar-refractivity contribution is 0.127. The first-order valence-electron chi connectivity index (χ1n) is 5.92. The maximum absolute atomic E-state index is 12.1. The van der Waals surface area contributed by atoms with Crippen LogP contribution in [0.25, 0.3) is 0 Å². The minimum absolute atomic E-state index is 0.167. The minimum Gasteiger partial charge on any atom is -0.593 e. The van der Waals surface area contributed by atoms with Crippen molar-refractivity contribution in [1.29, 1.82) is 0 Å². The molecule has 1 N–H and O–H groups in total. The van der Waals surface area contributed by atoms with Crippen molar-refractivity contribution in [2.24, 2.45) is 0 Å². The molecule has 0 bridgehead atoms. The SMILES string of the molecule is CCCCOCC1([S+]([O-])Nc2nccs2)CC1. The third kappa shape index (κ3) is 3.58. The van der Waals surface area contributed by atoms with Gasteiger partial charge in [-0.1, -0.05) is 13.3 Å². The van der Waals surface area contributed by atoms with E-state index in [4.69, 9.17) is 4.74 Å². The summed E-state index contributed by atoms with van der Waals surface area (Å²) >= 11 is 0.390. The third-order valence-electron chi connectivity index (χ3n) is 2.82. The van der Waals surface area contributed by atoms with Crippen LogP contribution in [0.5, 0.6) is 0 Å². The molecule has 4 nitrogen and oxygen atoms in total. The molecule has 0 spiro atoms. The molecule has 0 aromatic carbocycles. The number of nitrogens with zero attached hydrogens (tertiary/aromatic N) is 1. The Kier molecular flexibility index (Phi) is 4.67. The molecule has 1 heterocycles. The van der Waals surface area contributed by atoms with Gasteiger partial charge in [-0.05, 0) is 6.42 Å². The van der Waals surface area contributed by atoms with Gasteiger partial charge in [-0.15, -0.1) is 11.3 Å². The highest BCUT2D eigenvalue weighted by molar-refractivity contribution is 7.94. The van der Waals surface area contributed by atoms with Crippen molar-refractivity contribution in [3.63, 3.8) is 0 Å². The number of unbranched alkanes of at least 4 members (excludes halogenated alkanes) is 1. The fourth-order valence-corrected chi connectivity index (χ4v) is 3.37. The Hall–Kier alpha value is -0.300. The van der Waals surface area contributed by atoms with E-state index in [1.54, 1.807) is 6.20 Å². The Morgan fingerprint density at radius 1 is 1.65 bits per heavy atom. The molecular formula is C11H18N2O2S2. The van der Waals surface area contributed by atoms with Crippen LogP contribution in [0.1, 0.15) is 32.6 Å². The molecule has 1 atom stereocenters. The smallest absolute Gasteiger partial charge is 0.225 e. The molecule has 1 unspecified atom stereocenters. The van der Waals surface area contributed by atoms with E-state index in [0.717, 1.165) is 37.4 Å². The molecule has 6 heteroatoms. The molecule has 0 saturated heterocycles. The minimum atomic E-state index is -1.08. The van der Waals surface area contributed by atoms with Gasteiger partial charge in [-0.3, -0.25) is 0 Å². The second kappa shape index (κ2) is 6.04. The van der Waals surface area contributed by atoms with Gasteiger partial charge in [0.15, 0.2) is 4.75 Å². The summed E-state index contributed by atoms with van der Waals surface area (Å²) in [6.07, 6.45) is 5.87. The molecule has 1 aromatic rings. The van der Waals surface area contributed by atoms with Crippen LogP contribution in [0.4, 0.5) is 5.13 Å². The maximum Gasteiger partial charge on any atom is 0.225 e. The molecule has 96 valence electrons. The highest BCUT2D eigenvalue weighted by Crippen LogP contribution is 2.44. The van der Waals surface area contributed by atoms with E-state index >= 15 is 0 Å². The van der Waals surface area contributed by atoms with Crippen LogP contribution in [0.15, 0.2) is 11.6 Å². The summed E-state index contributed by atoms with van der Waals surface area (Å²) in [5, 5.41) is 2.60. The highest BCUT2D eigenvalue weighted by atomic mass is 32.2. The number of ether oxygens (including phenoxy) is 1. The van der Waals surface area contributed by atoms with E-state index in [9.17, 15) is 4.55 Å². The number of hydrogen-bond donors (Lipinski definition) is 1. The molecule has 0 radical (unpaired) electrons. The molecule has 1 saturated carbocycles. The van der Waals surface area contributed by atoms with Gasteiger partial charge in [-0.25, -0.2) is 4.98 Å². The fraction of sp³-hybridized carbons (Fsp3) is 0.727. The molecule has 0 aliphatic heterocycles. The van der Waals surface area contributed by atoms with Crippen LogP contribution >= 0.6 is 11.3 Å². The third-order valence-corrected chi connectivity index (χ3v) is 5.33. The number of aromatic nitrogens is 1. The number of thiazole rings is 1. The lowest BCUT2D eigenvalue weighted by Gasteiger charge is -2.19. The van der Waals surface area contributed by atoms with Crippen molar-refractivity contribution in [2.45, 2.75) is 37.4 Å². The van der Waals surface area contributed by atoms with Gasteiger partial charge < -0.3 is 9.29 Å². The zero-order valence-corrected chi connectivity index (χ0v) is 11.6. The summed E-state index contributed by atoms with van der Waals surface area (Å²) in [5.74, 6) is 0. The molecule has 1 fully saturated rings. The van der Waals surface area contributed by atoms with E-state index in [1.165, 1.54) is 11.3 Å². The summed E-state index contributed by atoms with van der Waals surface area (Å²) in [6, 6.07) is 0. The van der Waals surface area contributed by atoms with Gasteiger partial charge in [0.05, 0.1) is 18.0 Å². The Morgan fingerprint density at radius 3 is 3.06 bits per heavy atom. The lowest BCUT2D eigenvalue weighted by Crippen LogP contribution is -2.34. The van der Waals surface area contributed by atoms with Crippen molar-refractivity contribution >= 4 is 27.8 Å². The number of rotatable bonds is 8. The van der Waals surface area contributed by atoms with Crippen molar-refractivity contribution in [2.75, 3.05) is 17.9 Å². The maximum atomic E-state index is 12.1. The van der Waals surface area contributed by atoms with Crippen LogP contribution in [-0.4, -0.2) is 27.5 Å². The van der Waals surface area contributed by atoms with Crippen LogP contribution in [0.3, 0.4) is 0 Å². The molecular weight excluding hydrogens is 256 g/mol. The van der Waals surface area contributed by atoms with E-state index in [-0.39, 0.29) is 4.75 Å². The average Bonchev–Trinajstić information content (AvgIpc) is 2.95. The van der Waals surface area contributed by atoms with E-state index in [0.29, 0.717) is 6.61 Å². The number of nitrogens with one attached hydrogen (secondary N) is 1. The van der Waals surface area contributed by atoms with Gasteiger partial charge in [0, 0.05) is 31.0 Å². The monoisotopic (exact) mass is 274 g/mol. The first-order valence-corrected chi connectivity index (χ1v) is 7.95. The van der Waals surface area contributed by atoms with Gasteiger partial charge in [0.2, 0.25) is 5.13 Å². The molecule has 17 heavy (non-hydrogen) atoms. The van der Waals surface area contributed by atoms with Crippen molar-refractivity contribution in [3.8, 4) is 0 Å². The molecule has 1 aliphatic rings.